The molecule has 2 aromatic carbocycles. The van der Waals surface area contributed by atoms with Crippen molar-refractivity contribution in [2.75, 3.05) is 19.7 Å². The van der Waals surface area contributed by atoms with Crippen molar-refractivity contribution >= 4 is 5.57 Å². The summed E-state index contributed by atoms with van der Waals surface area (Å²) in [5.74, 6) is 0.188. The van der Waals surface area contributed by atoms with Crippen molar-refractivity contribution in [3.05, 3.63) is 88.7 Å². The van der Waals surface area contributed by atoms with Gasteiger partial charge in [0.15, 0.2) is 0 Å². The first kappa shape index (κ1) is 22.6. The molecule has 1 aliphatic heterocycles. The topological polar surface area (TPSA) is 41.5 Å². The van der Waals surface area contributed by atoms with Crippen molar-refractivity contribution in [1.82, 2.24) is 5.32 Å². The smallest absolute Gasteiger partial charge is 0.416 e. The van der Waals surface area contributed by atoms with Crippen LogP contribution in [0.4, 0.5) is 13.2 Å². The lowest BCUT2D eigenvalue weighted by atomic mass is 9.74. The van der Waals surface area contributed by atoms with Gasteiger partial charge in [0.05, 0.1) is 24.5 Å². The summed E-state index contributed by atoms with van der Waals surface area (Å²) < 4.78 is 46.7. The predicted octanol–water partition coefficient (Wildman–Crippen LogP) is 6.16. The Morgan fingerprint density at radius 3 is 2.47 bits per heavy atom. The maximum absolute atomic E-state index is 13.6. The third-order valence-electron chi connectivity index (χ3n) is 6.33. The van der Waals surface area contributed by atoms with E-state index in [9.17, 15) is 18.3 Å². The van der Waals surface area contributed by atoms with E-state index in [4.69, 9.17) is 4.74 Å². The molecule has 4 rings (SSSR count). The number of halogens is 3. The maximum Gasteiger partial charge on any atom is 0.416 e. The standard InChI is InChI=1S/C26H28F3NO2/c27-26(28,29)23-14-19(13-21(15-23)20-5-4-8-24(31)16-20)17-32-18-25(9-11-30-12-10-25)22-6-2-1-3-7-22/h1-3,5-7,13-16,30-31H,4,8-12,17-18H2. The third-order valence-corrected chi connectivity index (χ3v) is 6.33. The Morgan fingerprint density at radius 1 is 1.03 bits per heavy atom. The highest BCUT2D eigenvalue weighted by Gasteiger charge is 2.34. The fourth-order valence-corrected chi connectivity index (χ4v) is 4.57. The Bertz CT molecular complexity index is 990. The van der Waals surface area contributed by atoms with Crippen LogP contribution >= 0.6 is 0 Å². The number of piperidine rings is 1. The van der Waals surface area contributed by atoms with Crippen molar-refractivity contribution in [3.8, 4) is 0 Å². The second-order valence-corrected chi connectivity index (χ2v) is 8.64. The highest BCUT2D eigenvalue weighted by atomic mass is 19.4. The normalized spacial score (nSPS) is 18.7. The second kappa shape index (κ2) is 9.51. The van der Waals surface area contributed by atoms with Gasteiger partial charge in [-0.2, -0.15) is 13.2 Å². The number of nitrogens with one attached hydrogen (secondary N) is 1. The molecule has 0 amide bonds. The lowest BCUT2D eigenvalue weighted by Gasteiger charge is -2.38. The van der Waals surface area contributed by atoms with Crippen LogP contribution in [-0.4, -0.2) is 24.8 Å². The number of benzene rings is 2. The summed E-state index contributed by atoms with van der Waals surface area (Å²) in [6, 6.07) is 14.2. The first-order chi connectivity index (χ1) is 15.4. The lowest BCUT2D eigenvalue weighted by molar-refractivity contribution is -0.137. The summed E-state index contributed by atoms with van der Waals surface area (Å²) in [7, 11) is 0. The maximum atomic E-state index is 13.6. The fourth-order valence-electron chi connectivity index (χ4n) is 4.57. The van der Waals surface area contributed by atoms with Crippen LogP contribution in [0.1, 0.15) is 47.9 Å². The first-order valence-corrected chi connectivity index (χ1v) is 11.0. The molecular weight excluding hydrogens is 415 g/mol. The number of aliphatic hydroxyl groups is 1. The van der Waals surface area contributed by atoms with Crippen LogP contribution in [0.25, 0.3) is 5.57 Å². The van der Waals surface area contributed by atoms with Crippen LogP contribution in [0.5, 0.6) is 0 Å². The molecular formula is C26H28F3NO2. The van der Waals surface area contributed by atoms with Crippen LogP contribution in [0.3, 0.4) is 0 Å². The van der Waals surface area contributed by atoms with Crippen molar-refractivity contribution in [3.63, 3.8) is 0 Å². The number of alkyl halides is 3. The molecule has 1 saturated heterocycles. The van der Waals surface area contributed by atoms with E-state index >= 15 is 0 Å². The largest absolute Gasteiger partial charge is 0.512 e. The Hall–Kier alpha value is -2.57. The molecule has 0 aromatic heterocycles. The minimum Gasteiger partial charge on any atom is -0.512 e. The molecule has 32 heavy (non-hydrogen) atoms. The minimum absolute atomic E-state index is 0.0991. The molecule has 2 aliphatic rings. The van der Waals surface area contributed by atoms with Crippen molar-refractivity contribution in [2.45, 2.75) is 43.9 Å². The molecule has 1 fully saturated rings. The van der Waals surface area contributed by atoms with Crippen molar-refractivity contribution in [1.29, 1.82) is 0 Å². The van der Waals surface area contributed by atoms with Crippen LogP contribution in [0, 0.1) is 0 Å². The number of rotatable bonds is 6. The second-order valence-electron chi connectivity index (χ2n) is 8.64. The van der Waals surface area contributed by atoms with E-state index in [2.05, 4.69) is 17.4 Å². The van der Waals surface area contributed by atoms with Gasteiger partial charge >= 0.3 is 6.18 Å². The first-order valence-electron chi connectivity index (χ1n) is 11.0. The number of ether oxygens (including phenoxy) is 1. The monoisotopic (exact) mass is 443 g/mol. The number of aliphatic hydroxyl groups excluding tert-OH is 1. The van der Waals surface area contributed by atoms with Crippen molar-refractivity contribution < 1.29 is 23.0 Å². The molecule has 1 heterocycles. The van der Waals surface area contributed by atoms with E-state index in [1.807, 2.05) is 24.3 Å². The molecule has 0 saturated carbocycles. The van der Waals surface area contributed by atoms with Gasteiger partial charge in [-0.25, -0.2) is 0 Å². The number of allylic oxidation sites excluding steroid dienone is 4. The Labute approximate surface area is 186 Å². The quantitative estimate of drug-likeness (QED) is 0.562. The average molecular weight is 444 g/mol. The summed E-state index contributed by atoms with van der Waals surface area (Å²) in [5.41, 5.74) is 1.90. The highest BCUT2D eigenvalue weighted by Crippen LogP contribution is 2.36. The SMILES string of the molecule is OC1=CC(c2cc(COCC3(c4ccccc4)CCNCC3)cc(C(F)(F)F)c2)=CCC1. The predicted molar refractivity (Wildman–Crippen MR) is 119 cm³/mol. The summed E-state index contributed by atoms with van der Waals surface area (Å²) >= 11 is 0. The molecule has 0 bridgehead atoms. The van der Waals surface area contributed by atoms with Gasteiger partial charge in [0.2, 0.25) is 0 Å². The van der Waals surface area contributed by atoms with Gasteiger partial charge in [-0.1, -0.05) is 36.4 Å². The van der Waals surface area contributed by atoms with Crippen LogP contribution in [0.2, 0.25) is 0 Å². The van der Waals surface area contributed by atoms with Crippen LogP contribution < -0.4 is 5.32 Å². The number of hydrogen-bond donors (Lipinski definition) is 2. The average Bonchev–Trinajstić information content (AvgIpc) is 2.79. The molecule has 3 nitrogen and oxygen atoms in total. The van der Waals surface area contributed by atoms with E-state index in [0.717, 1.165) is 38.1 Å². The molecule has 2 N–H and O–H groups in total. The molecule has 2 aromatic rings. The Kier molecular flexibility index (Phi) is 6.72. The molecule has 6 heteroatoms. The minimum atomic E-state index is -4.45. The van der Waals surface area contributed by atoms with Crippen LogP contribution in [-0.2, 0) is 22.9 Å². The van der Waals surface area contributed by atoms with E-state index in [-0.39, 0.29) is 17.8 Å². The van der Waals surface area contributed by atoms with Gasteiger partial charge in [0.25, 0.3) is 0 Å². The molecule has 0 radical (unpaired) electrons. The summed E-state index contributed by atoms with van der Waals surface area (Å²) in [6.07, 6.45) is 1.90. The van der Waals surface area contributed by atoms with Crippen molar-refractivity contribution in [2.24, 2.45) is 0 Å². The third kappa shape index (κ3) is 5.25. The van der Waals surface area contributed by atoms with E-state index in [0.29, 0.717) is 36.1 Å². The van der Waals surface area contributed by atoms with Gasteiger partial charge in [0.1, 0.15) is 0 Å². The van der Waals surface area contributed by atoms with Gasteiger partial charge < -0.3 is 15.2 Å². The highest BCUT2D eigenvalue weighted by molar-refractivity contribution is 5.76. The number of hydrogen-bond acceptors (Lipinski definition) is 3. The van der Waals surface area contributed by atoms with E-state index in [1.165, 1.54) is 5.56 Å². The summed E-state index contributed by atoms with van der Waals surface area (Å²) in [4.78, 5) is 0. The van der Waals surface area contributed by atoms with Gasteiger partial charge in [0, 0.05) is 11.8 Å². The molecule has 1 aliphatic carbocycles. The van der Waals surface area contributed by atoms with Gasteiger partial charge in [-0.3, -0.25) is 0 Å². The summed E-state index contributed by atoms with van der Waals surface area (Å²) in [6.45, 7) is 2.32. The zero-order valence-corrected chi connectivity index (χ0v) is 17.9. The van der Waals surface area contributed by atoms with Crippen LogP contribution in [0.15, 0.2) is 66.4 Å². The van der Waals surface area contributed by atoms with Gasteiger partial charge in [-0.15, -0.1) is 0 Å². The zero-order valence-electron chi connectivity index (χ0n) is 17.9. The lowest BCUT2D eigenvalue weighted by Crippen LogP contribution is -2.43. The van der Waals surface area contributed by atoms with E-state index < -0.39 is 11.7 Å². The van der Waals surface area contributed by atoms with Gasteiger partial charge in [-0.05, 0) is 78.9 Å². The zero-order chi connectivity index (χ0) is 22.6. The Morgan fingerprint density at radius 2 is 1.78 bits per heavy atom. The summed E-state index contributed by atoms with van der Waals surface area (Å²) in [5, 5.41) is 13.2. The molecule has 0 spiro atoms. The molecule has 0 unspecified atom stereocenters. The molecule has 170 valence electrons. The Balaban J connectivity index is 1.56. The fraction of sp³-hybridized carbons (Fsp3) is 0.385. The van der Waals surface area contributed by atoms with E-state index in [1.54, 1.807) is 12.1 Å². The molecule has 0 atom stereocenters.